The maximum absolute atomic E-state index is 13.8. The number of anilines is 1. The summed E-state index contributed by atoms with van der Waals surface area (Å²) < 4.78 is 46.6. The summed E-state index contributed by atoms with van der Waals surface area (Å²) >= 11 is 0. The summed E-state index contributed by atoms with van der Waals surface area (Å²) in [6.45, 7) is 5.17. The summed E-state index contributed by atoms with van der Waals surface area (Å²) in [5.41, 5.74) is 1.13. The summed E-state index contributed by atoms with van der Waals surface area (Å²) in [7, 11) is 0. The molecule has 5 rings (SSSR count). The van der Waals surface area contributed by atoms with Crippen molar-refractivity contribution in [1.29, 1.82) is 0 Å². The van der Waals surface area contributed by atoms with Crippen LogP contribution in [0.25, 0.3) is 33.7 Å². The minimum Gasteiger partial charge on any atom is -0.361 e. The van der Waals surface area contributed by atoms with Gasteiger partial charge in [0.15, 0.2) is 5.65 Å². The number of aromatic nitrogens is 6. The molecule has 1 fully saturated rings. The van der Waals surface area contributed by atoms with Crippen molar-refractivity contribution in [2.45, 2.75) is 38.9 Å². The number of alkyl halides is 3. The van der Waals surface area contributed by atoms with Crippen LogP contribution < -0.4 is 10.6 Å². The monoisotopic (exact) mass is 458 g/mol. The van der Waals surface area contributed by atoms with Crippen molar-refractivity contribution in [2.75, 3.05) is 18.4 Å². The third-order valence-electron chi connectivity index (χ3n) is 5.67. The molecule has 4 aromatic heterocycles. The molecule has 0 bridgehead atoms. The molecule has 4 aromatic rings. The number of H-pyrrole nitrogens is 1. The second-order valence-electron chi connectivity index (χ2n) is 8.01. The molecular formula is C21H21F3N8O. The first-order valence-corrected chi connectivity index (χ1v) is 10.5. The first-order chi connectivity index (χ1) is 15.8. The molecule has 12 heteroatoms. The number of nitrogens with zero attached hydrogens (tertiary/aromatic N) is 5. The minimum atomic E-state index is -4.64. The molecule has 0 unspecified atom stereocenters. The van der Waals surface area contributed by atoms with Crippen LogP contribution in [0.2, 0.25) is 0 Å². The summed E-state index contributed by atoms with van der Waals surface area (Å²) in [5, 5.41) is 17.6. The number of halogens is 3. The van der Waals surface area contributed by atoms with Gasteiger partial charge in [0.2, 0.25) is 5.95 Å². The van der Waals surface area contributed by atoms with Gasteiger partial charge in [0, 0.05) is 24.2 Å². The zero-order valence-corrected chi connectivity index (χ0v) is 17.9. The number of aromatic amines is 1. The van der Waals surface area contributed by atoms with Gasteiger partial charge in [-0.3, -0.25) is 5.10 Å². The zero-order chi connectivity index (χ0) is 23.2. The lowest BCUT2D eigenvalue weighted by molar-refractivity contribution is -0.137. The Balaban J connectivity index is 1.58. The molecule has 5 heterocycles. The first-order valence-electron chi connectivity index (χ1n) is 10.5. The van der Waals surface area contributed by atoms with Crippen molar-refractivity contribution >= 4 is 17.0 Å². The van der Waals surface area contributed by atoms with Gasteiger partial charge in [0.1, 0.15) is 17.0 Å². The van der Waals surface area contributed by atoms with E-state index in [-0.39, 0.29) is 29.0 Å². The van der Waals surface area contributed by atoms with Crippen LogP contribution >= 0.6 is 0 Å². The third-order valence-corrected chi connectivity index (χ3v) is 5.67. The van der Waals surface area contributed by atoms with E-state index in [4.69, 9.17) is 4.52 Å². The Morgan fingerprint density at radius 1 is 1.18 bits per heavy atom. The molecule has 33 heavy (non-hydrogen) atoms. The molecule has 172 valence electrons. The number of piperidine rings is 1. The van der Waals surface area contributed by atoms with Crippen molar-refractivity contribution in [3.63, 3.8) is 0 Å². The van der Waals surface area contributed by atoms with E-state index in [1.165, 1.54) is 0 Å². The van der Waals surface area contributed by atoms with Crippen molar-refractivity contribution in [3.05, 3.63) is 35.3 Å². The maximum Gasteiger partial charge on any atom is 0.420 e. The van der Waals surface area contributed by atoms with E-state index >= 15 is 0 Å². The summed E-state index contributed by atoms with van der Waals surface area (Å²) in [6, 6.07) is 3.42. The van der Waals surface area contributed by atoms with Crippen molar-refractivity contribution in [1.82, 2.24) is 35.6 Å². The van der Waals surface area contributed by atoms with E-state index in [2.05, 4.69) is 40.9 Å². The van der Waals surface area contributed by atoms with Crippen molar-refractivity contribution < 1.29 is 17.7 Å². The van der Waals surface area contributed by atoms with E-state index in [1.54, 1.807) is 26.0 Å². The van der Waals surface area contributed by atoms with Gasteiger partial charge in [-0.05, 0) is 45.4 Å². The van der Waals surface area contributed by atoms with E-state index in [9.17, 15) is 13.2 Å². The number of aryl methyl sites for hydroxylation is 2. The lowest BCUT2D eigenvalue weighted by Gasteiger charge is -2.24. The fourth-order valence-corrected chi connectivity index (χ4v) is 4.07. The second-order valence-corrected chi connectivity index (χ2v) is 8.01. The Kier molecular flexibility index (Phi) is 5.23. The van der Waals surface area contributed by atoms with Crippen molar-refractivity contribution in [2.24, 2.45) is 0 Å². The maximum atomic E-state index is 13.8. The number of rotatable bonds is 4. The highest BCUT2D eigenvalue weighted by Crippen LogP contribution is 2.38. The van der Waals surface area contributed by atoms with E-state index in [0.29, 0.717) is 29.1 Å². The largest absolute Gasteiger partial charge is 0.420 e. The number of hydrogen-bond donors (Lipinski definition) is 3. The van der Waals surface area contributed by atoms with Gasteiger partial charge >= 0.3 is 6.18 Å². The summed E-state index contributed by atoms with van der Waals surface area (Å²) in [4.78, 5) is 12.7. The zero-order valence-electron chi connectivity index (χ0n) is 17.9. The van der Waals surface area contributed by atoms with E-state index in [0.717, 1.165) is 31.1 Å². The van der Waals surface area contributed by atoms with Crippen LogP contribution in [0.4, 0.5) is 19.1 Å². The van der Waals surface area contributed by atoms with Gasteiger partial charge in [-0.25, -0.2) is 15.0 Å². The molecule has 1 atom stereocenters. The minimum absolute atomic E-state index is 0.0427. The number of fused-ring (bicyclic) bond motifs is 1. The van der Waals surface area contributed by atoms with Crippen LogP contribution in [-0.4, -0.2) is 49.4 Å². The Hall–Kier alpha value is -3.54. The highest BCUT2D eigenvalue weighted by molar-refractivity contribution is 5.92. The molecule has 1 aliphatic heterocycles. The smallest absolute Gasteiger partial charge is 0.361 e. The van der Waals surface area contributed by atoms with E-state index in [1.807, 2.05) is 0 Å². The average Bonchev–Trinajstić information content (AvgIpc) is 3.35. The van der Waals surface area contributed by atoms with Gasteiger partial charge < -0.3 is 15.2 Å². The number of nitrogens with one attached hydrogen (secondary N) is 3. The Bertz CT molecular complexity index is 1290. The lowest BCUT2D eigenvalue weighted by Crippen LogP contribution is -2.38. The molecule has 0 aliphatic carbocycles. The fraction of sp³-hybridized carbons (Fsp3) is 0.381. The average molecular weight is 458 g/mol. The van der Waals surface area contributed by atoms with Crippen LogP contribution in [0.5, 0.6) is 0 Å². The summed E-state index contributed by atoms with van der Waals surface area (Å²) in [6.07, 6.45) is -1.98. The van der Waals surface area contributed by atoms with Crippen molar-refractivity contribution in [3.8, 4) is 22.6 Å². The van der Waals surface area contributed by atoms with Gasteiger partial charge in [-0.2, -0.15) is 18.3 Å². The predicted octanol–water partition coefficient (Wildman–Crippen LogP) is 3.87. The van der Waals surface area contributed by atoms with Gasteiger partial charge in [0.25, 0.3) is 0 Å². The summed E-state index contributed by atoms with van der Waals surface area (Å²) in [5.74, 6) is 0.730. The second kappa shape index (κ2) is 8.10. The number of hydrogen-bond acceptors (Lipinski definition) is 8. The Morgan fingerprint density at radius 3 is 2.73 bits per heavy atom. The van der Waals surface area contributed by atoms with Gasteiger partial charge in [0.05, 0.1) is 22.6 Å². The molecule has 0 spiro atoms. The lowest BCUT2D eigenvalue weighted by atomic mass is 10.1. The molecule has 0 radical (unpaired) electrons. The fourth-order valence-electron chi connectivity index (χ4n) is 4.07. The molecule has 0 aromatic carbocycles. The molecule has 9 nitrogen and oxygen atoms in total. The van der Waals surface area contributed by atoms with Crippen LogP contribution in [0.1, 0.15) is 29.9 Å². The topological polar surface area (TPSA) is 117 Å². The molecule has 1 aliphatic rings. The molecule has 0 saturated carbocycles. The van der Waals surface area contributed by atoms with Gasteiger partial charge in [-0.1, -0.05) is 5.16 Å². The number of pyridine rings is 1. The molecule has 1 saturated heterocycles. The predicted molar refractivity (Wildman–Crippen MR) is 114 cm³/mol. The van der Waals surface area contributed by atoms with Gasteiger partial charge in [-0.15, -0.1) is 0 Å². The Labute approximate surface area is 186 Å². The third kappa shape index (κ3) is 4.01. The van der Waals surface area contributed by atoms with Crippen LogP contribution in [-0.2, 0) is 6.18 Å². The Morgan fingerprint density at radius 2 is 2.03 bits per heavy atom. The van der Waals surface area contributed by atoms with Crippen LogP contribution in [0.15, 0.2) is 22.9 Å². The quantitative estimate of drug-likeness (QED) is 0.422. The standard InChI is InChI=1S/C21H21F3N8O/c1-10-16(11(2)33-32-10)15-6-5-13-17(30-31-19(13)28-15)18-14(21(22,23)24)9-26-20(29-18)27-12-4-3-7-25-8-12/h5-6,9,12,25H,3-4,7-8H2,1-2H3,(H,26,27,29)(H,28,30,31)/t12-/m0/s1. The highest BCUT2D eigenvalue weighted by atomic mass is 19.4. The van der Waals surface area contributed by atoms with Crippen LogP contribution in [0, 0.1) is 13.8 Å². The SMILES string of the molecule is Cc1noc(C)c1-c1ccc2c(-c3nc(N[C@H]4CCCNC4)ncc3C(F)(F)F)[nH]nc2n1. The highest BCUT2D eigenvalue weighted by Gasteiger charge is 2.36. The van der Waals surface area contributed by atoms with Crippen LogP contribution in [0.3, 0.4) is 0 Å². The first kappa shape index (κ1) is 21.3. The molecule has 3 N–H and O–H groups in total. The molecule has 0 amide bonds. The molecular weight excluding hydrogens is 437 g/mol. The van der Waals surface area contributed by atoms with E-state index < -0.39 is 11.7 Å². The normalized spacial score (nSPS) is 16.9.